The Kier molecular flexibility index (Phi) is 4.62. The lowest BCUT2D eigenvalue weighted by molar-refractivity contribution is -0.135. The molecule has 26 heavy (non-hydrogen) atoms. The molecular weight excluding hydrogens is 349 g/mol. The zero-order chi connectivity index (χ0) is 18.1. The van der Waals surface area contributed by atoms with Crippen LogP contribution in [0.2, 0.25) is 0 Å². The van der Waals surface area contributed by atoms with Crippen LogP contribution in [-0.2, 0) is 15.9 Å². The lowest BCUT2D eigenvalue weighted by Gasteiger charge is -2.15. The first-order valence-corrected chi connectivity index (χ1v) is 8.97. The molecule has 0 aliphatic carbocycles. The van der Waals surface area contributed by atoms with Crippen LogP contribution in [0.1, 0.15) is 6.42 Å². The highest BCUT2D eigenvalue weighted by molar-refractivity contribution is 7.10. The zero-order valence-electron chi connectivity index (χ0n) is 14.2. The van der Waals surface area contributed by atoms with Crippen molar-refractivity contribution >= 4 is 37.2 Å². The monoisotopic (exact) mass is 369 g/mol. The molecule has 7 heteroatoms. The highest BCUT2D eigenvalue weighted by atomic mass is 31.0. The molecule has 3 aromatic rings. The predicted molar refractivity (Wildman–Crippen MR) is 104 cm³/mol. The second kappa shape index (κ2) is 7.06. The number of ether oxygens (including phenoxy) is 1. The van der Waals surface area contributed by atoms with Crippen LogP contribution in [-0.4, -0.2) is 34.2 Å². The number of hydrogen-bond acceptors (Lipinski definition) is 5. The number of nitrogens with zero attached hydrogens (tertiary/aromatic N) is 2. The van der Waals surface area contributed by atoms with Crippen molar-refractivity contribution in [3.63, 3.8) is 0 Å². The molecule has 4 rings (SSSR count). The van der Waals surface area contributed by atoms with Crippen LogP contribution >= 0.6 is 9.47 Å². The van der Waals surface area contributed by atoms with Gasteiger partial charge in [-0.1, -0.05) is 24.3 Å². The summed E-state index contributed by atoms with van der Waals surface area (Å²) in [7, 11) is 1.99. The molecule has 0 bridgehead atoms. The van der Waals surface area contributed by atoms with E-state index in [9.17, 15) is 4.79 Å². The summed E-state index contributed by atoms with van der Waals surface area (Å²) in [5, 5.41) is 5.32. The van der Waals surface area contributed by atoms with Crippen molar-refractivity contribution in [2.75, 3.05) is 6.54 Å². The Bertz CT molecular complexity index is 985. The van der Waals surface area contributed by atoms with Crippen LogP contribution < -0.4 is 10.1 Å². The third kappa shape index (κ3) is 2.96. The van der Waals surface area contributed by atoms with Gasteiger partial charge in [-0.15, -0.1) is 6.58 Å². The predicted octanol–water partition coefficient (Wildman–Crippen LogP) is 2.82. The molecule has 3 heterocycles. The first kappa shape index (κ1) is 17.0. The number of aromatic nitrogens is 2. The molecule has 2 unspecified atom stereocenters. The molecular formula is C19H20N3O3P. The van der Waals surface area contributed by atoms with Gasteiger partial charge in [0.25, 0.3) is 0 Å². The van der Waals surface area contributed by atoms with Crippen molar-refractivity contribution in [1.29, 1.82) is 0 Å². The van der Waals surface area contributed by atoms with Gasteiger partial charge in [0, 0.05) is 36.5 Å². The standard InChI is InChI=1S/C19H20N3O3P/c1-2-8-22-9-7-14-13-5-3-4-6-15(13)21-18(17(14)22)24-12-10-16(20-11-12)19(23)25-26/h2-7,9,12,16,20H,1,8,10-11,26H2/t12?,16-/m0/s1. The Morgan fingerprint density at radius 2 is 2.23 bits per heavy atom. The molecule has 1 aliphatic rings. The third-order valence-corrected chi connectivity index (χ3v) is 4.91. The van der Waals surface area contributed by atoms with E-state index in [1.807, 2.05) is 39.9 Å². The van der Waals surface area contributed by atoms with Crippen LogP contribution in [0.25, 0.3) is 21.8 Å². The fraction of sp³-hybridized carbons (Fsp3) is 0.263. The molecule has 0 radical (unpaired) electrons. The lowest BCUT2D eigenvalue weighted by atomic mass is 10.1. The summed E-state index contributed by atoms with van der Waals surface area (Å²) in [6.07, 6.45) is 4.27. The lowest BCUT2D eigenvalue weighted by Crippen LogP contribution is -2.30. The number of pyridine rings is 1. The topological polar surface area (TPSA) is 65.4 Å². The number of hydrogen-bond donors (Lipinski definition) is 1. The first-order chi connectivity index (χ1) is 12.7. The van der Waals surface area contributed by atoms with Gasteiger partial charge in [0.2, 0.25) is 5.88 Å². The number of benzene rings is 1. The smallest absolute Gasteiger partial charge is 0.325 e. The Morgan fingerprint density at radius 1 is 1.38 bits per heavy atom. The SMILES string of the molecule is C=CCn1ccc2c3ccccc3nc(OC3CN[C@H](C(=O)OP)C3)c21. The van der Waals surface area contributed by atoms with E-state index in [0.717, 1.165) is 21.8 Å². The minimum absolute atomic E-state index is 0.145. The minimum Gasteiger partial charge on any atom is -0.471 e. The number of carbonyl (C=O) groups is 1. The van der Waals surface area contributed by atoms with E-state index < -0.39 is 0 Å². The van der Waals surface area contributed by atoms with E-state index in [2.05, 4.69) is 28.6 Å². The van der Waals surface area contributed by atoms with Crippen molar-refractivity contribution in [1.82, 2.24) is 14.9 Å². The number of carbonyl (C=O) groups excluding carboxylic acids is 1. The third-order valence-electron chi connectivity index (χ3n) is 4.68. The van der Waals surface area contributed by atoms with Crippen molar-refractivity contribution in [3.05, 3.63) is 49.2 Å². The quantitative estimate of drug-likeness (QED) is 0.553. The average Bonchev–Trinajstić information content (AvgIpc) is 3.29. The summed E-state index contributed by atoms with van der Waals surface area (Å²) in [5.74, 6) is 0.282. The van der Waals surface area contributed by atoms with E-state index in [4.69, 9.17) is 14.2 Å². The van der Waals surface area contributed by atoms with Crippen LogP contribution in [0.3, 0.4) is 0 Å². The Morgan fingerprint density at radius 3 is 3.04 bits per heavy atom. The van der Waals surface area contributed by atoms with Gasteiger partial charge in [-0.2, -0.15) is 0 Å². The van der Waals surface area contributed by atoms with Gasteiger partial charge >= 0.3 is 5.97 Å². The van der Waals surface area contributed by atoms with Gasteiger partial charge in [0.1, 0.15) is 17.7 Å². The maximum Gasteiger partial charge on any atom is 0.325 e. The Labute approximate surface area is 153 Å². The molecule has 6 nitrogen and oxygen atoms in total. The zero-order valence-corrected chi connectivity index (χ0v) is 15.4. The molecule has 0 spiro atoms. The number of rotatable bonds is 5. The number of nitrogens with one attached hydrogen (secondary N) is 1. The maximum absolute atomic E-state index is 11.7. The molecule has 3 atom stereocenters. The molecule has 2 aromatic heterocycles. The molecule has 134 valence electrons. The van der Waals surface area contributed by atoms with E-state index >= 15 is 0 Å². The van der Waals surface area contributed by atoms with E-state index in [1.165, 1.54) is 0 Å². The normalized spacial score (nSPS) is 19.7. The first-order valence-electron chi connectivity index (χ1n) is 8.50. The minimum atomic E-state index is -0.353. The van der Waals surface area contributed by atoms with E-state index in [1.54, 1.807) is 0 Å². The van der Waals surface area contributed by atoms with Crippen molar-refractivity contribution in [3.8, 4) is 5.88 Å². The fourth-order valence-corrected chi connectivity index (χ4v) is 3.64. The van der Waals surface area contributed by atoms with Crippen molar-refractivity contribution in [2.45, 2.75) is 25.1 Å². The fourth-order valence-electron chi connectivity index (χ4n) is 3.48. The Balaban J connectivity index is 1.74. The molecule has 1 N–H and O–H groups in total. The number of fused-ring (bicyclic) bond motifs is 3. The molecule has 1 fully saturated rings. The summed E-state index contributed by atoms with van der Waals surface area (Å²) in [4.78, 5) is 16.5. The van der Waals surface area contributed by atoms with E-state index in [0.29, 0.717) is 25.4 Å². The van der Waals surface area contributed by atoms with Crippen LogP contribution in [0.5, 0.6) is 5.88 Å². The second-order valence-corrected chi connectivity index (χ2v) is 6.56. The van der Waals surface area contributed by atoms with Gasteiger partial charge in [-0.3, -0.25) is 4.79 Å². The highest BCUT2D eigenvalue weighted by Crippen LogP contribution is 2.33. The highest BCUT2D eigenvalue weighted by Gasteiger charge is 2.32. The molecule has 0 amide bonds. The van der Waals surface area contributed by atoms with Gasteiger partial charge < -0.3 is 19.1 Å². The van der Waals surface area contributed by atoms with Gasteiger partial charge in [0.05, 0.1) is 15.0 Å². The summed E-state index contributed by atoms with van der Waals surface area (Å²) in [5.41, 5.74) is 1.83. The molecule has 0 saturated carbocycles. The Hall–Kier alpha value is -2.43. The van der Waals surface area contributed by atoms with Gasteiger partial charge in [-0.25, -0.2) is 4.98 Å². The van der Waals surface area contributed by atoms with Gasteiger partial charge in [-0.05, 0) is 12.1 Å². The summed E-state index contributed by atoms with van der Waals surface area (Å²) < 4.78 is 13.0. The van der Waals surface area contributed by atoms with Crippen LogP contribution in [0.4, 0.5) is 0 Å². The molecule has 1 saturated heterocycles. The maximum atomic E-state index is 11.7. The number of para-hydroxylation sites is 1. The summed E-state index contributed by atoms with van der Waals surface area (Å²) in [6.45, 7) is 5.07. The summed E-state index contributed by atoms with van der Waals surface area (Å²) in [6, 6.07) is 9.75. The molecule has 1 aliphatic heterocycles. The molecule has 1 aromatic carbocycles. The van der Waals surface area contributed by atoms with Crippen LogP contribution in [0, 0.1) is 0 Å². The second-order valence-electron chi connectivity index (χ2n) is 6.33. The van der Waals surface area contributed by atoms with Crippen molar-refractivity contribution in [2.24, 2.45) is 0 Å². The average molecular weight is 369 g/mol. The van der Waals surface area contributed by atoms with Crippen molar-refractivity contribution < 1.29 is 14.1 Å². The van der Waals surface area contributed by atoms with Gasteiger partial charge in [0.15, 0.2) is 0 Å². The number of allylic oxidation sites excluding steroid dienone is 1. The summed E-state index contributed by atoms with van der Waals surface area (Å²) >= 11 is 0. The van der Waals surface area contributed by atoms with E-state index in [-0.39, 0.29) is 18.1 Å². The largest absolute Gasteiger partial charge is 0.471 e. The van der Waals surface area contributed by atoms with Crippen LogP contribution in [0.15, 0.2) is 49.2 Å².